The minimum atomic E-state index is -0.995. The Morgan fingerprint density at radius 2 is 2.25 bits per heavy atom. The number of carbonyl (C=O) groups is 2. The number of hydrogen-bond donors (Lipinski definition) is 1. The van der Waals surface area contributed by atoms with Gasteiger partial charge < -0.3 is 10.0 Å². The maximum atomic E-state index is 11.6. The zero-order chi connectivity index (χ0) is 11.9. The Bertz CT molecular complexity index is 472. The summed E-state index contributed by atoms with van der Waals surface area (Å²) < 4.78 is 0. The van der Waals surface area contributed by atoms with Crippen LogP contribution in [-0.4, -0.2) is 24.0 Å². The van der Waals surface area contributed by atoms with Gasteiger partial charge in [0, 0.05) is 13.5 Å². The number of para-hydroxylation sites is 1. The van der Waals surface area contributed by atoms with Crippen LogP contribution < -0.4 is 4.90 Å². The van der Waals surface area contributed by atoms with E-state index in [0.29, 0.717) is 16.3 Å². The molecule has 0 fully saturated rings. The largest absolute Gasteiger partial charge is 0.481 e. The third kappa shape index (κ3) is 1.55. The minimum absolute atomic E-state index is 0.0147. The van der Waals surface area contributed by atoms with E-state index in [4.69, 9.17) is 16.7 Å². The van der Waals surface area contributed by atoms with E-state index in [2.05, 4.69) is 0 Å². The lowest BCUT2D eigenvalue weighted by atomic mass is 9.90. The number of fused-ring (bicyclic) bond motifs is 1. The number of nitrogens with zero attached hydrogens (tertiary/aromatic N) is 1. The Kier molecular flexibility index (Phi) is 2.59. The van der Waals surface area contributed by atoms with E-state index in [9.17, 15) is 9.59 Å². The van der Waals surface area contributed by atoms with Crippen LogP contribution in [0.1, 0.15) is 17.9 Å². The molecule has 4 nitrogen and oxygen atoms in total. The summed E-state index contributed by atoms with van der Waals surface area (Å²) in [6, 6.07) is 5.04. The van der Waals surface area contributed by atoms with Gasteiger partial charge in [-0.25, -0.2) is 0 Å². The van der Waals surface area contributed by atoms with Gasteiger partial charge in [-0.2, -0.15) is 0 Å². The molecule has 84 valence electrons. The SMILES string of the molecule is CN1C(=O)C[C@@H](C(=O)O)c2cccc(Cl)c21. The van der Waals surface area contributed by atoms with Crippen LogP contribution in [0.5, 0.6) is 0 Å². The molecule has 1 aromatic carbocycles. The average Bonchev–Trinajstić information content (AvgIpc) is 2.22. The monoisotopic (exact) mass is 239 g/mol. The highest BCUT2D eigenvalue weighted by molar-refractivity contribution is 6.34. The Morgan fingerprint density at radius 1 is 1.56 bits per heavy atom. The van der Waals surface area contributed by atoms with Crippen molar-refractivity contribution in [3.8, 4) is 0 Å². The first-order valence-corrected chi connectivity index (χ1v) is 5.18. The van der Waals surface area contributed by atoms with E-state index >= 15 is 0 Å². The lowest BCUT2D eigenvalue weighted by molar-refractivity contribution is -0.140. The Labute approximate surface area is 97.4 Å². The van der Waals surface area contributed by atoms with Crippen molar-refractivity contribution in [1.29, 1.82) is 0 Å². The van der Waals surface area contributed by atoms with E-state index in [-0.39, 0.29) is 12.3 Å². The number of benzene rings is 1. The predicted molar refractivity (Wildman–Crippen MR) is 59.9 cm³/mol. The molecule has 1 aliphatic rings. The Balaban J connectivity index is 2.62. The summed E-state index contributed by atoms with van der Waals surface area (Å²) >= 11 is 5.99. The molecule has 1 N–H and O–H groups in total. The zero-order valence-corrected chi connectivity index (χ0v) is 9.36. The van der Waals surface area contributed by atoms with Gasteiger partial charge in [0.15, 0.2) is 0 Å². The number of amides is 1. The zero-order valence-electron chi connectivity index (χ0n) is 8.61. The topological polar surface area (TPSA) is 57.6 Å². The second-order valence-electron chi connectivity index (χ2n) is 3.73. The summed E-state index contributed by atoms with van der Waals surface area (Å²) in [5.74, 6) is -2.02. The fourth-order valence-corrected chi connectivity index (χ4v) is 2.24. The molecule has 1 atom stereocenters. The number of anilines is 1. The van der Waals surface area contributed by atoms with Crippen molar-refractivity contribution in [2.24, 2.45) is 0 Å². The molecule has 0 saturated heterocycles. The van der Waals surface area contributed by atoms with Gasteiger partial charge in [-0.05, 0) is 11.6 Å². The summed E-state index contributed by atoms with van der Waals surface area (Å²) in [4.78, 5) is 24.1. The van der Waals surface area contributed by atoms with Crippen LogP contribution in [-0.2, 0) is 9.59 Å². The van der Waals surface area contributed by atoms with E-state index in [0.717, 1.165) is 0 Å². The number of rotatable bonds is 1. The normalized spacial score (nSPS) is 19.5. The summed E-state index contributed by atoms with van der Waals surface area (Å²) in [5.41, 5.74) is 1.11. The number of hydrogen-bond acceptors (Lipinski definition) is 2. The molecule has 0 bridgehead atoms. The quantitative estimate of drug-likeness (QED) is 0.814. The first kappa shape index (κ1) is 11.0. The lowest BCUT2D eigenvalue weighted by Gasteiger charge is -2.30. The van der Waals surface area contributed by atoms with Crippen LogP contribution in [0.25, 0.3) is 0 Å². The molecule has 1 heterocycles. The van der Waals surface area contributed by atoms with Crippen LogP contribution in [0.3, 0.4) is 0 Å². The number of carboxylic acids is 1. The van der Waals surface area contributed by atoms with E-state index in [1.165, 1.54) is 4.90 Å². The number of aliphatic carboxylic acids is 1. The van der Waals surface area contributed by atoms with Crippen LogP contribution in [0.4, 0.5) is 5.69 Å². The third-order valence-electron chi connectivity index (χ3n) is 2.78. The van der Waals surface area contributed by atoms with Gasteiger partial charge in [-0.15, -0.1) is 0 Å². The van der Waals surface area contributed by atoms with Crippen LogP contribution in [0.15, 0.2) is 18.2 Å². The summed E-state index contributed by atoms with van der Waals surface area (Å²) in [6.07, 6.45) is -0.0147. The van der Waals surface area contributed by atoms with E-state index in [1.54, 1.807) is 25.2 Å². The maximum Gasteiger partial charge on any atom is 0.311 e. The molecule has 0 aromatic heterocycles. The first-order chi connectivity index (χ1) is 7.52. The molecule has 1 aliphatic heterocycles. The van der Waals surface area contributed by atoms with Crippen LogP contribution in [0.2, 0.25) is 5.02 Å². The van der Waals surface area contributed by atoms with Crippen LogP contribution >= 0.6 is 11.6 Å². The van der Waals surface area contributed by atoms with Gasteiger partial charge in [0.25, 0.3) is 0 Å². The van der Waals surface area contributed by atoms with Crippen molar-refractivity contribution >= 4 is 29.2 Å². The van der Waals surface area contributed by atoms with Crippen LogP contribution in [0, 0.1) is 0 Å². The molecule has 16 heavy (non-hydrogen) atoms. The van der Waals surface area contributed by atoms with Gasteiger partial charge in [0.05, 0.1) is 16.6 Å². The number of carboxylic acid groups (broad SMARTS) is 1. The molecule has 5 heteroatoms. The Hall–Kier alpha value is -1.55. The van der Waals surface area contributed by atoms with Gasteiger partial charge >= 0.3 is 5.97 Å². The number of halogens is 1. The van der Waals surface area contributed by atoms with Gasteiger partial charge in [0.1, 0.15) is 0 Å². The van der Waals surface area contributed by atoms with E-state index < -0.39 is 11.9 Å². The molecule has 2 rings (SSSR count). The molecular weight excluding hydrogens is 230 g/mol. The van der Waals surface area contributed by atoms with Crippen molar-refractivity contribution in [3.05, 3.63) is 28.8 Å². The van der Waals surface area contributed by atoms with Crippen molar-refractivity contribution < 1.29 is 14.7 Å². The molecular formula is C11H10ClNO3. The summed E-state index contributed by atoms with van der Waals surface area (Å²) in [7, 11) is 1.60. The fraction of sp³-hybridized carbons (Fsp3) is 0.273. The number of carbonyl (C=O) groups excluding carboxylic acids is 1. The summed E-state index contributed by atoms with van der Waals surface area (Å²) in [6.45, 7) is 0. The second kappa shape index (κ2) is 3.79. The third-order valence-corrected chi connectivity index (χ3v) is 3.08. The highest BCUT2D eigenvalue weighted by atomic mass is 35.5. The lowest BCUT2D eigenvalue weighted by Crippen LogP contribution is -2.35. The standard InChI is InChI=1S/C11H10ClNO3/c1-13-9(14)5-7(11(15)16)6-3-2-4-8(12)10(6)13/h2-4,7H,5H2,1H3,(H,15,16)/t7-/m1/s1. The fourth-order valence-electron chi connectivity index (χ4n) is 1.93. The molecule has 1 amide bonds. The molecule has 0 spiro atoms. The minimum Gasteiger partial charge on any atom is -0.481 e. The van der Waals surface area contributed by atoms with Gasteiger partial charge in [0.2, 0.25) is 5.91 Å². The van der Waals surface area contributed by atoms with Gasteiger partial charge in [-0.3, -0.25) is 9.59 Å². The van der Waals surface area contributed by atoms with E-state index in [1.807, 2.05) is 0 Å². The highest BCUT2D eigenvalue weighted by Gasteiger charge is 2.34. The summed E-state index contributed by atoms with van der Waals surface area (Å²) in [5, 5.41) is 9.47. The van der Waals surface area contributed by atoms with Crippen molar-refractivity contribution in [1.82, 2.24) is 0 Å². The predicted octanol–water partition coefficient (Wildman–Crippen LogP) is 1.87. The molecule has 0 unspecified atom stereocenters. The smallest absolute Gasteiger partial charge is 0.311 e. The Morgan fingerprint density at radius 3 is 2.88 bits per heavy atom. The average molecular weight is 240 g/mol. The van der Waals surface area contributed by atoms with Crippen molar-refractivity contribution in [3.63, 3.8) is 0 Å². The van der Waals surface area contributed by atoms with Crippen molar-refractivity contribution in [2.75, 3.05) is 11.9 Å². The molecule has 0 aliphatic carbocycles. The molecule has 1 aromatic rings. The maximum absolute atomic E-state index is 11.6. The molecule has 0 radical (unpaired) electrons. The van der Waals surface area contributed by atoms with Gasteiger partial charge in [-0.1, -0.05) is 23.7 Å². The highest BCUT2D eigenvalue weighted by Crippen LogP contribution is 2.39. The second-order valence-corrected chi connectivity index (χ2v) is 4.13. The molecule has 0 saturated carbocycles. The van der Waals surface area contributed by atoms with Crippen molar-refractivity contribution in [2.45, 2.75) is 12.3 Å². The first-order valence-electron chi connectivity index (χ1n) is 4.80.